The highest BCUT2D eigenvalue weighted by atomic mass is 15.2. The van der Waals surface area contributed by atoms with Gasteiger partial charge in [-0.05, 0) is 92.9 Å². The molecule has 0 spiro atoms. The molecule has 1 aliphatic carbocycles. The molecule has 1 heterocycles. The van der Waals surface area contributed by atoms with Gasteiger partial charge in [-0.1, -0.05) is 161 Å². The van der Waals surface area contributed by atoms with Gasteiger partial charge in [-0.3, -0.25) is 0 Å². The number of fused-ring (bicyclic) bond motifs is 6. The van der Waals surface area contributed by atoms with Crippen LogP contribution in [-0.4, -0.2) is 0 Å². The lowest BCUT2D eigenvalue weighted by molar-refractivity contribution is 0.632. The summed E-state index contributed by atoms with van der Waals surface area (Å²) in [4.78, 5) is 4.97. The summed E-state index contributed by atoms with van der Waals surface area (Å²) in [5, 5.41) is 2.46. The number of hydrogen-bond acceptors (Lipinski definition) is 2. The van der Waals surface area contributed by atoms with Crippen molar-refractivity contribution < 1.29 is 0 Å². The van der Waals surface area contributed by atoms with Crippen LogP contribution in [0.3, 0.4) is 0 Å². The molecule has 0 saturated carbocycles. The average Bonchev–Trinajstić information content (AvgIpc) is 3.44. The highest BCUT2D eigenvalue weighted by molar-refractivity contribution is 6.07. The third-order valence-corrected chi connectivity index (χ3v) is 12.0. The van der Waals surface area contributed by atoms with E-state index in [0.717, 1.165) is 17.1 Å². The van der Waals surface area contributed by atoms with Gasteiger partial charge in [0, 0.05) is 38.8 Å². The summed E-state index contributed by atoms with van der Waals surface area (Å²) in [6, 6.07) is 67.1. The second kappa shape index (κ2) is 12.1. The summed E-state index contributed by atoms with van der Waals surface area (Å²) < 4.78 is 0. The number of para-hydroxylation sites is 2. The van der Waals surface area contributed by atoms with E-state index in [9.17, 15) is 0 Å². The van der Waals surface area contributed by atoms with E-state index in [1.165, 1.54) is 72.3 Å². The quantitative estimate of drug-likeness (QED) is 0.177. The normalized spacial score (nSPS) is 14.6. The molecule has 0 bridgehead atoms. The number of nitrogens with zero attached hydrogens (tertiary/aromatic N) is 2. The predicted molar refractivity (Wildman–Crippen MR) is 228 cm³/mol. The first kappa shape index (κ1) is 32.3. The molecule has 0 amide bonds. The Hall–Kier alpha value is -6.38. The minimum absolute atomic E-state index is 0.0960. The first-order chi connectivity index (χ1) is 26.3. The molecule has 260 valence electrons. The van der Waals surface area contributed by atoms with Gasteiger partial charge in [0.1, 0.15) is 0 Å². The lowest BCUT2D eigenvalue weighted by atomic mass is 9.73. The summed E-state index contributed by atoms with van der Waals surface area (Å²) in [5.41, 5.74) is 17.1. The minimum Gasteiger partial charge on any atom is -0.310 e. The Labute approximate surface area is 318 Å². The molecule has 0 fully saturated rings. The van der Waals surface area contributed by atoms with Gasteiger partial charge in [-0.15, -0.1) is 0 Å². The highest BCUT2D eigenvalue weighted by Crippen LogP contribution is 2.56. The van der Waals surface area contributed by atoms with Crippen molar-refractivity contribution in [1.82, 2.24) is 0 Å². The van der Waals surface area contributed by atoms with Gasteiger partial charge in [-0.25, -0.2) is 0 Å². The molecule has 0 aromatic heterocycles. The van der Waals surface area contributed by atoms with E-state index in [-0.39, 0.29) is 10.8 Å². The maximum atomic E-state index is 2.53. The third-order valence-electron chi connectivity index (χ3n) is 12.0. The molecule has 2 heteroatoms. The van der Waals surface area contributed by atoms with E-state index in [1.54, 1.807) is 0 Å². The fourth-order valence-corrected chi connectivity index (χ4v) is 9.27. The van der Waals surface area contributed by atoms with Crippen LogP contribution < -0.4 is 9.80 Å². The predicted octanol–water partition coefficient (Wildman–Crippen LogP) is 14.4. The Morgan fingerprint density at radius 2 is 0.944 bits per heavy atom. The Bertz CT molecular complexity index is 2720. The zero-order valence-electron chi connectivity index (χ0n) is 31.2. The first-order valence-corrected chi connectivity index (χ1v) is 19.0. The van der Waals surface area contributed by atoms with Gasteiger partial charge in [0.05, 0.1) is 17.1 Å². The molecule has 8 aromatic rings. The van der Waals surface area contributed by atoms with Gasteiger partial charge < -0.3 is 9.80 Å². The molecule has 0 saturated heterocycles. The Morgan fingerprint density at radius 3 is 1.74 bits per heavy atom. The van der Waals surface area contributed by atoms with Crippen LogP contribution in [0.15, 0.2) is 182 Å². The fraction of sp³-hybridized carbons (Fsp3) is 0.115. The maximum absolute atomic E-state index is 2.53. The zero-order chi connectivity index (χ0) is 36.6. The summed E-state index contributed by atoms with van der Waals surface area (Å²) in [5.74, 6) is 0. The highest BCUT2D eigenvalue weighted by Gasteiger charge is 2.39. The fourth-order valence-electron chi connectivity index (χ4n) is 9.27. The molecular weight excluding hydrogens is 653 g/mol. The largest absolute Gasteiger partial charge is 0.310 e. The monoisotopic (exact) mass is 694 g/mol. The molecule has 0 N–H and O–H groups in total. The third kappa shape index (κ3) is 4.80. The molecule has 0 radical (unpaired) electrons. The second-order valence-electron chi connectivity index (χ2n) is 15.8. The van der Waals surface area contributed by atoms with E-state index in [0.29, 0.717) is 0 Å². The van der Waals surface area contributed by atoms with Crippen molar-refractivity contribution in [2.45, 2.75) is 38.5 Å². The molecule has 54 heavy (non-hydrogen) atoms. The molecule has 10 rings (SSSR count). The van der Waals surface area contributed by atoms with Crippen molar-refractivity contribution in [3.8, 4) is 22.3 Å². The van der Waals surface area contributed by atoms with Crippen molar-refractivity contribution in [2.24, 2.45) is 0 Å². The van der Waals surface area contributed by atoms with Crippen molar-refractivity contribution in [3.63, 3.8) is 0 Å². The zero-order valence-corrected chi connectivity index (χ0v) is 31.2. The van der Waals surface area contributed by atoms with E-state index in [2.05, 4.69) is 219 Å². The average molecular weight is 695 g/mol. The summed E-state index contributed by atoms with van der Waals surface area (Å²) >= 11 is 0. The van der Waals surface area contributed by atoms with Crippen LogP contribution in [0.25, 0.3) is 33.0 Å². The van der Waals surface area contributed by atoms with E-state index in [1.807, 2.05) is 0 Å². The van der Waals surface area contributed by atoms with Crippen molar-refractivity contribution in [1.29, 1.82) is 0 Å². The Morgan fingerprint density at radius 1 is 0.389 bits per heavy atom. The number of anilines is 6. The summed E-state index contributed by atoms with van der Waals surface area (Å²) in [6.45, 7) is 9.49. The smallest absolute Gasteiger partial charge is 0.0618 e. The number of benzene rings is 8. The Balaban J connectivity index is 1.21. The lowest BCUT2D eigenvalue weighted by Gasteiger charge is -2.43. The molecule has 1 aliphatic heterocycles. The molecule has 8 aromatic carbocycles. The van der Waals surface area contributed by atoms with Gasteiger partial charge in [0.2, 0.25) is 0 Å². The van der Waals surface area contributed by atoms with Crippen molar-refractivity contribution in [2.75, 3.05) is 9.80 Å². The van der Waals surface area contributed by atoms with Crippen molar-refractivity contribution >= 4 is 44.9 Å². The van der Waals surface area contributed by atoms with Crippen LogP contribution in [0.1, 0.15) is 49.9 Å². The lowest BCUT2D eigenvalue weighted by Crippen LogP contribution is -2.31. The second-order valence-corrected chi connectivity index (χ2v) is 15.8. The van der Waals surface area contributed by atoms with Gasteiger partial charge in [-0.2, -0.15) is 0 Å². The standard InChI is InChI=1S/C52H42N2/c1-51(2)44-24-14-13-23-42(44)43-31-28-38(33-46(43)51)53(37-20-9-6-10-21-37)39-29-32-49-47(34-39)52(3,4)45-25-15-16-26-48(45)54(49)50-40-22-12-11-19-36(40)27-30-41(50)35-17-7-5-8-18-35/h5-34H,1-4H3. The van der Waals surface area contributed by atoms with E-state index in [4.69, 9.17) is 0 Å². The molecule has 2 nitrogen and oxygen atoms in total. The number of rotatable bonds is 5. The summed E-state index contributed by atoms with van der Waals surface area (Å²) in [7, 11) is 0. The van der Waals surface area contributed by atoms with Gasteiger partial charge in [0.15, 0.2) is 0 Å². The first-order valence-electron chi connectivity index (χ1n) is 19.0. The summed E-state index contributed by atoms with van der Waals surface area (Å²) in [6.07, 6.45) is 0. The van der Waals surface area contributed by atoms with E-state index >= 15 is 0 Å². The molecule has 2 aliphatic rings. The maximum Gasteiger partial charge on any atom is 0.0618 e. The molecular formula is C52H42N2. The van der Waals surface area contributed by atoms with E-state index < -0.39 is 0 Å². The minimum atomic E-state index is -0.264. The Kier molecular flexibility index (Phi) is 7.22. The van der Waals surface area contributed by atoms with Crippen LogP contribution in [-0.2, 0) is 10.8 Å². The van der Waals surface area contributed by atoms with Crippen LogP contribution in [0.5, 0.6) is 0 Å². The molecule has 0 atom stereocenters. The molecule has 0 unspecified atom stereocenters. The SMILES string of the molecule is CC1(C)c2ccccc2-c2ccc(N(c3ccccc3)c3ccc4c(c3)C(C)(C)c3ccccc3N4c3c(-c4ccccc4)ccc4ccccc34)cc21. The van der Waals surface area contributed by atoms with Crippen LogP contribution in [0.2, 0.25) is 0 Å². The van der Waals surface area contributed by atoms with Gasteiger partial charge in [0.25, 0.3) is 0 Å². The van der Waals surface area contributed by atoms with Crippen LogP contribution in [0.4, 0.5) is 34.1 Å². The van der Waals surface area contributed by atoms with Crippen LogP contribution in [0, 0.1) is 0 Å². The number of hydrogen-bond donors (Lipinski definition) is 0. The van der Waals surface area contributed by atoms with Crippen LogP contribution >= 0.6 is 0 Å². The van der Waals surface area contributed by atoms with Gasteiger partial charge >= 0.3 is 0 Å². The topological polar surface area (TPSA) is 6.48 Å². The van der Waals surface area contributed by atoms with Crippen molar-refractivity contribution in [3.05, 3.63) is 204 Å².